The molecule has 2 atom stereocenters. The van der Waals surface area contributed by atoms with E-state index in [9.17, 15) is 0 Å². The molecule has 4 heteroatoms. The van der Waals surface area contributed by atoms with Gasteiger partial charge in [-0.1, -0.05) is 42.4 Å². The van der Waals surface area contributed by atoms with Crippen molar-refractivity contribution in [2.45, 2.75) is 32.1 Å². The molecule has 0 radical (unpaired) electrons. The molecular weight excluding hydrogens is 226 g/mol. The number of rotatable bonds is 4. The summed E-state index contributed by atoms with van der Waals surface area (Å²) in [5.41, 5.74) is 7.21. The molecule has 0 aliphatic heterocycles. The fourth-order valence-corrected chi connectivity index (χ4v) is 2.65. The first-order chi connectivity index (χ1) is 8.67. The SMILES string of the molecule is C[C@@]1(CCc2nnc(N)o2)C[C@H]1c1ccccc1. The van der Waals surface area contributed by atoms with Crippen LogP contribution in [0.5, 0.6) is 0 Å². The van der Waals surface area contributed by atoms with Gasteiger partial charge in [0.25, 0.3) is 0 Å². The van der Waals surface area contributed by atoms with Gasteiger partial charge in [0, 0.05) is 6.42 Å². The standard InChI is InChI=1S/C14H17N3O/c1-14(8-7-12-16-17-13(15)18-12)9-11(14)10-5-3-2-4-6-10/h2-6,11H,7-9H2,1H3,(H2,15,17)/t11-,14+/m0/s1. The van der Waals surface area contributed by atoms with E-state index in [4.69, 9.17) is 10.2 Å². The van der Waals surface area contributed by atoms with Crippen molar-refractivity contribution in [1.82, 2.24) is 10.2 Å². The molecule has 1 aromatic carbocycles. The highest BCUT2D eigenvalue weighted by Crippen LogP contribution is 2.61. The fraction of sp³-hybridized carbons (Fsp3) is 0.429. The summed E-state index contributed by atoms with van der Waals surface area (Å²) < 4.78 is 5.20. The van der Waals surface area contributed by atoms with Gasteiger partial charge in [0.2, 0.25) is 5.89 Å². The van der Waals surface area contributed by atoms with Gasteiger partial charge in [-0.2, -0.15) is 0 Å². The minimum absolute atomic E-state index is 0.158. The normalized spacial score (nSPS) is 26.2. The molecule has 1 heterocycles. The molecule has 0 saturated heterocycles. The number of benzene rings is 1. The molecule has 1 saturated carbocycles. The smallest absolute Gasteiger partial charge is 0.312 e. The van der Waals surface area contributed by atoms with Crippen LogP contribution >= 0.6 is 0 Å². The lowest BCUT2D eigenvalue weighted by Crippen LogP contribution is -2.00. The molecule has 94 valence electrons. The molecule has 2 N–H and O–H groups in total. The van der Waals surface area contributed by atoms with Gasteiger partial charge in [0.15, 0.2) is 0 Å². The minimum Gasteiger partial charge on any atom is -0.408 e. The quantitative estimate of drug-likeness (QED) is 0.896. The second-order valence-corrected chi connectivity index (χ2v) is 5.36. The van der Waals surface area contributed by atoms with Gasteiger partial charge in [-0.3, -0.25) is 0 Å². The second-order valence-electron chi connectivity index (χ2n) is 5.36. The third-order valence-corrected chi connectivity index (χ3v) is 3.95. The highest BCUT2D eigenvalue weighted by molar-refractivity contribution is 5.29. The molecule has 1 fully saturated rings. The second kappa shape index (κ2) is 4.12. The Morgan fingerprint density at radius 3 is 2.78 bits per heavy atom. The Balaban J connectivity index is 1.61. The van der Waals surface area contributed by atoms with Crippen molar-refractivity contribution in [1.29, 1.82) is 0 Å². The monoisotopic (exact) mass is 243 g/mol. The summed E-state index contributed by atoms with van der Waals surface area (Å²) >= 11 is 0. The van der Waals surface area contributed by atoms with Crippen molar-refractivity contribution in [2.75, 3.05) is 5.73 Å². The van der Waals surface area contributed by atoms with Crippen LogP contribution in [-0.4, -0.2) is 10.2 Å². The van der Waals surface area contributed by atoms with Crippen molar-refractivity contribution < 1.29 is 4.42 Å². The van der Waals surface area contributed by atoms with Gasteiger partial charge >= 0.3 is 6.01 Å². The lowest BCUT2D eigenvalue weighted by Gasteiger charge is -2.09. The van der Waals surface area contributed by atoms with Crippen LogP contribution in [-0.2, 0) is 6.42 Å². The van der Waals surface area contributed by atoms with Gasteiger partial charge < -0.3 is 10.2 Å². The van der Waals surface area contributed by atoms with Gasteiger partial charge in [-0.25, -0.2) is 0 Å². The van der Waals surface area contributed by atoms with Crippen LogP contribution in [0.25, 0.3) is 0 Å². The van der Waals surface area contributed by atoms with E-state index in [1.54, 1.807) is 0 Å². The van der Waals surface area contributed by atoms with Crippen molar-refractivity contribution in [2.24, 2.45) is 5.41 Å². The number of nitrogens with zero attached hydrogens (tertiary/aromatic N) is 2. The molecule has 1 aromatic heterocycles. The van der Waals surface area contributed by atoms with Gasteiger partial charge in [-0.05, 0) is 29.7 Å². The Labute approximate surface area is 106 Å². The van der Waals surface area contributed by atoms with Crippen molar-refractivity contribution in [3.63, 3.8) is 0 Å². The Hall–Kier alpha value is -1.84. The zero-order chi connectivity index (χ0) is 12.6. The Kier molecular flexibility index (Phi) is 2.58. The number of nitrogens with two attached hydrogens (primary N) is 1. The maximum absolute atomic E-state index is 5.41. The molecule has 0 amide bonds. The van der Waals surface area contributed by atoms with Crippen LogP contribution in [0.2, 0.25) is 0 Å². The van der Waals surface area contributed by atoms with E-state index in [-0.39, 0.29) is 6.01 Å². The highest BCUT2D eigenvalue weighted by Gasteiger charge is 2.50. The first kappa shape index (κ1) is 11.3. The van der Waals surface area contributed by atoms with Gasteiger partial charge in [0.1, 0.15) is 0 Å². The third kappa shape index (κ3) is 2.10. The molecule has 18 heavy (non-hydrogen) atoms. The summed E-state index contributed by atoms with van der Waals surface area (Å²) in [6.45, 7) is 2.32. The van der Waals surface area contributed by atoms with E-state index in [1.807, 2.05) is 0 Å². The summed E-state index contributed by atoms with van der Waals surface area (Å²) in [6.07, 6.45) is 3.11. The maximum atomic E-state index is 5.41. The average molecular weight is 243 g/mol. The summed E-state index contributed by atoms with van der Waals surface area (Å²) in [5, 5.41) is 7.58. The van der Waals surface area contributed by atoms with Crippen LogP contribution in [0.3, 0.4) is 0 Å². The Bertz CT molecular complexity index is 537. The van der Waals surface area contributed by atoms with E-state index in [0.717, 1.165) is 12.8 Å². The van der Waals surface area contributed by atoms with E-state index in [2.05, 4.69) is 47.5 Å². The maximum Gasteiger partial charge on any atom is 0.312 e. The van der Waals surface area contributed by atoms with E-state index in [1.165, 1.54) is 12.0 Å². The number of hydrogen-bond donors (Lipinski definition) is 1. The largest absolute Gasteiger partial charge is 0.408 e. The van der Waals surface area contributed by atoms with Crippen LogP contribution in [0.4, 0.5) is 6.01 Å². The molecule has 0 unspecified atom stereocenters. The van der Waals surface area contributed by atoms with Crippen molar-refractivity contribution in [3.05, 3.63) is 41.8 Å². The fourth-order valence-electron chi connectivity index (χ4n) is 2.65. The Morgan fingerprint density at radius 1 is 1.33 bits per heavy atom. The number of hydrogen-bond acceptors (Lipinski definition) is 4. The first-order valence-electron chi connectivity index (χ1n) is 6.30. The molecule has 3 rings (SSSR count). The van der Waals surface area contributed by atoms with E-state index >= 15 is 0 Å². The molecule has 0 spiro atoms. The number of aryl methyl sites for hydroxylation is 1. The van der Waals surface area contributed by atoms with Crippen LogP contribution in [0.15, 0.2) is 34.7 Å². The molecule has 1 aliphatic rings. The molecule has 1 aliphatic carbocycles. The summed E-state index contributed by atoms with van der Waals surface area (Å²) in [6, 6.07) is 10.8. The number of aromatic nitrogens is 2. The lowest BCUT2D eigenvalue weighted by molar-refractivity contribution is 0.439. The highest BCUT2D eigenvalue weighted by atomic mass is 16.4. The zero-order valence-corrected chi connectivity index (χ0v) is 10.5. The predicted molar refractivity (Wildman–Crippen MR) is 68.9 cm³/mol. The van der Waals surface area contributed by atoms with Gasteiger partial charge in [-0.15, -0.1) is 5.10 Å². The summed E-state index contributed by atoms with van der Waals surface area (Å²) in [7, 11) is 0. The number of nitrogen functional groups attached to an aromatic ring is 1. The predicted octanol–water partition coefficient (Wildman–Crippen LogP) is 2.78. The molecule has 2 aromatic rings. The van der Waals surface area contributed by atoms with Gasteiger partial charge in [0.05, 0.1) is 0 Å². The first-order valence-corrected chi connectivity index (χ1v) is 6.30. The molecular formula is C14H17N3O. The van der Waals surface area contributed by atoms with Crippen LogP contribution in [0, 0.1) is 5.41 Å². The molecule has 0 bridgehead atoms. The third-order valence-electron chi connectivity index (χ3n) is 3.95. The van der Waals surface area contributed by atoms with Crippen LogP contribution < -0.4 is 5.73 Å². The summed E-state index contributed by atoms with van der Waals surface area (Å²) in [4.78, 5) is 0. The zero-order valence-electron chi connectivity index (χ0n) is 10.5. The van der Waals surface area contributed by atoms with E-state index < -0.39 is 0 Å². The summed E-state index contributed by atoms with van der Waals surface area (Å²) in [5.74, 6) is 1.31. The van der Waals surface area contributed by atoms with Crippen molar-refractivity contribution in [3.8, 4) is 0 Å². The number of anilines is 1. The minimum atomic E-state index is 0.158. The van der Waals surface area contributed by atoms with Crippen LogP contribution in [0.1, 0.15) is 37.1 Å². The van der Waals surface area contributed by atoms with E-state index in [0.29, 0.717) is 17.2 Å². The Morgan fingerprint density at radius 2 is 2.11 bits per heavy atom. The van der Waals surface area contributed by atoms with Crippen molar-refractivity contribution >= 4 is 6.01 Å². The molecule has 4 nitrogen and oxygen atoms in total. The average Bonchev–Trinajstić information content (AvgIpc) is 2.88. The topological polar surface area (TPSA) is 64.9 Å². The lowest BCUT2D eigenvalue weighted by atomic mass is 9.96.